The van der Waals surface area contributed by atoms with E-state index in [0.29, 0.717) is 16.6 Å². The Labute approximate surface area is 107 Å². The molecule has 0 radical (unpaired) electrons. The van der Waals surface area contributed by atoms with Gasteiger partial charge >= 0.3 is 0 Å². The highest BCUT2D eigenvalue weighted by molar-refractivity contribution is 9.10. The zero-order valence-corrected chi connectivity index (χ0v) is 10.9. The fourth-order valence-electron chi connectivity index (χ4n) is 1.83. The van der Waals surface area contributed by atoms with Crippen molar-refractivity contribution in [2.45, 2.75) is 25.0 Å². The van der Waals surface area contributed by atoms with Crippen LogP contribution in [-0.2, 0) is 4.74 Å². The molecule has 5 nitrogen and oxygen atoms in total. The van der Waals surface area contributed by atoms with Crippen LogP contribution in [0.15, 0.2) is 22.7 Å². The molecule has 2 rings (SSSR count). The Morgan fingerprint density at radius 2 is 2.24 bits per heavy atom. The highest BCUT2D eigenvalue weighted by atomic mass is 79.9. The van der Waals surface area contributed by atoms with Crippen molar-refractivity contribution in [1.82, 2.24) is 0 Å². The van der Waals surface area contributed by atoms with Crippen molar-refractivity contribution in [3.05, 3.63) is 32.8 Å². The van der Waals surface area contributed by atoms with E-state index in [1.54, 1.807) is 13.2 Å². The monoisotopic (exact) mass is 300 g/mol. The Morgan fingerprint density at radius 1 is 1.53 bits per heavy atom. The standard InChI is InChI=1S/C11H13BrN2O3/c1-17-9-4-7(5-9)13-11-3-2-8(14(15)16)6-10(11)12/h2-3,6-7,9,13H,4-5H2,1H3. The van der Waals surface area contributed by atoms with E-state index in [2.05, 4.69) is 21.2 Å². The Kier molecular flexibility index (Phi) is 3.63. The van der Waals surface area contributed by atoms with Crippen molar-refractivity contribution in [2.75, 3.05) is 12.4 Å². The minimum Gasteiger partial charge on any atom is -0.381 e. The summed E-state index contributed by atoms with van der Waals surface area (Å²) < 4.78 is 5.91. The largest absolute Gasteiger partial charge is 0.381 e. The molecule has 1 N–H and O–H groups in total. The van der Waals surface area contributed by atoms with Crippen molar-refractivity contribution in [3.8, 4) is 0 Å². The lowest BCUT2D eigenvalue weighted by Crippen LogP contribution is -2.40. The van der Waals surface area contributed by atoms with Crippen LogP contribution in [0.1, 0.15) is 12.8 Å². The second-order valence-electron chi connectivity index (χ2n) is 4.09. The van der Waals surface area contributed by atoms with Gasteiger partial charge in [-0.15, -0.1) is 0 Å². The van der Waals surface area contributed by atoms with Gasteiger partial charge in [-0.25, -0.2) is 0 Å². The molecule has 0 bridgehead atoms. The maximum absolute atomic E-state index is 10.6. The van der Waals surface area contributed by atoms with E-state index in [1.165, 1.54) is 12.1 Å². The lowest BCUT2D eigenvalue weighted by molar-refractivity contribution is -0.384. The molecular formula is C11H13BrN2O3. The van der Waals surface area contributed by atoms with E-state index in [9.17, 15) is 10.1 Å². The molecule has 0 saturated heterocycles. The zero-order valence-electron chi connectivity index (χ0n) is 9.35. The summed E-state index contributed by atoms with van der Waals surface area (Å²) >= 11 is 3.33. The molecule has 1 aliphatic carbocycles. The first-order valence-corrected chi connectivity index (χ1v) is 6.12. The number of rotatable bonds is 4. The topological polar surface area (TPSA) is 64.4 Å². The molecule has 6 heteroatoms. The van der Waals surface area contributed by atoms with E-state index in [-0.39, 0.29) is 5.69 Å². The lowest BCUT2D eigenvalue weighted by Gasteiger charge is -2.35. The smallest absolute Gasteiger partial charge is 0.270 e. The van der Waals surface area contributed by atoms with Crippen LogP contribution in [0.3, 0.4) is 0 Å². The van der Waals surface area contributed by atoms with Crippen molar-refractivity contribution in [2.24, 2.45) is 0 Å². The second kappa shape index (κ2) is 5.01. The summed E-state index contributed by atoms with van der Waals surface area (Å²) in [6.07, 6.45) is 2.28. The first-order chi connectivity index (χ1) is 8.10. The van der Waals surface area contributed by atoms with Crippen LogP contribution in [0, 0.1) is 10.1 Å². The average Bonchev–Trinajstić information content (AvgIpc) is 2.24. The maximum Gasteiger partial charge on any atom is 0.270 e. The summed E-state index contributed by atoms with van der Waals surface area (Å²) in [5.41, 5.74) is 0.973. The number of nitro benzene ring substituents is 1. The number of non-ortho nitro benzene ring substituents is 1. The third kappa shape index (κ3) is 2.76. The molecule has 0 unspecified atom stereocenters. The number of hydrogen-bond donors (Lipinski definition) is 1. The maximum atomic E-state index is 10.6. The Hall–Kier alpha value is -1.14. The highest BCUT2D eigenvalue weighted by Gasteiger charge is 2.29. The van der Waals surface area contributed by atoms with Gasteiger partial charge < -0.3 is 10.1 Å². The van der Waals surface area contributed by atoms with E-state index in [4.69, 9.17) is 4.74 Å². The fourth-order valence-corrected chi connectivity index (χ4v) is 2.31. The first-order valence-electron chi connectivity index (χ1n) is 5.33. The number of nitro groups is 1. The van der Waals surface area contributed by atoms with Crippen molar-refractivity contribution < 1.29 is 9.66 Å². The van der Waals surface area contributed by atoms with Gasteiger partial charge in [0.15, 0.2) is 0 Å². The lowest BCUT2D eigenvalue weighted by atomic mass is 9.89. The molecule has 17 heavy (non-hydrogen) atoms. The van der Waals surface area contributed by atoms with Crippen LogP contribution < -0.4 is 5.32 Å². The molecular weight excluding hydrogens is 288 g/mol. The molecule has 1 aromatic rings. The van der Waals surface area contributed by atoms with Gasteiger partial charge in [-0.05, 0) is 34.8 Å². The first kappa shape index (κ1) is 12.3. The summed E-state index contributed by atoms with van der Waals surface area (Å²) in [5.74, 6) is 0. The molecule has 0 atom stereocenters. The van der Waals surface area contributed by atoms with Crippen molar-refractivity contribution in [3.63, 3.8) is 0 Å². The Balaban J connectivity index is 2.00. The van der Waals surface area contributed by atoms with Crippen LogP contribution in [0.5, 0.6) is 0 Å². The van der Waals surface area contributed by atoms with Gasteiger partial charge in [0.25, 0.3) is 5.69 Å². The van der Waals surface area contributed by atoms with Crippen LogP contribution >= 0.6 is 15.9 Å². The summed E-state index contributed by atoms with van der Waals surface area (Å²) in [6.45, 7) is 0. The third-order valence-corrected chi connectivity index (χ3v) is 3.61. The van der Waals surface area contributed by atoms with Gasteiger partial charge in [0.1, 0.15) is 0 Å². The molecule has 1 aliphatic rings. The van der Waals surface area contributed by atoms with Gasteiger partial charge in [0.2, 0.25) is 0 Å². The molecule has 0 heterocycles. The third-order valence-electron chi connectivity index (χ3n) is 2.95. The highest BCUT2D eigenvalue weighted by Crippen LogP contribution is 2.31. The number of hydrogen-bond acceptors (Lipinski definition) is 4. The number of halogens is 1. The molecule has 0 aliphatic heterocycles. The van der Waals surface area contributed by atoms with E-state index < -0.39 is 4.92 Å². The van der Waals surface area contributed by atoms with E-state index in [1.807, 2.05) is 0 Å². The SMILES string of the molecule is COC1CC(Nc2ccc([N+](=O)[O-])cc2Br)C1. The fraction of sp³-hybridized carbons (Fsp3) is 0.455. The second-order valence-corrected chi connectivity index (χ2v) is 4.95. The molecule has 1 fully saturated rings. The van der Waals surface area contributed by atoms with E-state index in [0.717, 1.165) is 18.5 Å². The number of benzene rings is 1. The van der Waals surface area contributed by atoms with Crippen molar-refractivity contribution >= 4 is 27.3 Å². The molecule has 1 aromatic carbocycles. The van der Waals surface area contributed by atoms with Gasteiger partial charge in [0.05, 0.1) is 11.0 Å². The normalized spacial score (nSPS) is 22.9. The molecule has 0 amide bonds. The van der Waals surface area contributed by atoms with Gasteiger partial charge in [-0.3, -0.25) is 10.1 Å². The summed E-state index contributed by atoms with van der Waals surface area (Å²) in [5, 5.41) is 13.9. The van der Waals surface area contributed by atoms with Crippen molar-refractivity contribution in [1.29, 1.82) is 0 Å². The number of anilines is 1. The molecule has 1 saturated carbocycles. The molecule has 92 valence electrons. The number of methoxy groups -OCH3 is 1. The minimum atomic E-state index is -0.404. The quantitative estimate of drug-likeness (QED) is 0.686. The van der Waals surface area contributed by atoms with Gasteiger partial charge in [0, 0.05) is 35.4 Å². The predicted octanol–water partition coefficient (Wildman–Crippen LogP) is 2.95. The summed E-state index contributed by atoms with van der Waals surface area (Å²) in [7, 11) is 1.71. The predicted molar refractivity (Wildman–Crippen MR) is 68.2 cm³/mol. The molecule has 0 aromatic heterocycles. The van der Waals surface area contributed by atoms with Crippen LogP contribution in [0.2, 0.25) is 0 Å². The van der Waals surface area contributed by atoms with Gasteiger partial charge in [-0.1, -0.05) is 0 Å². The van der Waals surface area contributed by atoms with Crippen LogP contribution in [0.25, 0.3) is 0 Å². The minimum absolute atomic E-state index is 0.0887. The number of nitrogens with one attached hydrogen (secondary N) is 1. The zero-order chi connectivity index (χ0) is 12.4. The van der Waals surface area contributed by atoms with Crippen LogP contribution in [-0.4, -0.2) is 24.2 Å². The van der Waals surface area contributed by atoms with E-state index >= 15 is 0 Å². The Bertz CT molecular complexity index is 433. The summed E-state index contributed by atoms with van der Waals surface area (Å²) in [6, 6.07) is 5.12. The average molecular weight is 301 g/mol. The summed E-state index contributed by atoms with van der Waals surface area (Å²) in [4.78, 5) is 10.2. The molecule has 0 spiro atoms. The van der Waals surface area contributed by atoms with Crippen LogP contribution in [0.4, 0.5) is 11.4 Å². The Morgan fingerprint density at radius 3 is 2.76 bits per heavy atom. The number of ether oxygens (including phenoxy) is 1. The number of nitrogens with zero attached hydrogens (tertiary/aromatic N) is 1. The van der Waals surface area contributed by atoms with Gasteiger partial charge in [-0.2, -0.15) is 0 Å².